The van der Waals surface area contributed by atoms with Crippen LogP contribution in [0.5, 0.6) is 0 Å². The Labute approximate surface area is 135 Å². The number of hydrogen-bond donors (Lipinski definition) is 0. The van der Waals surface area contributed by atoms with Crippen molar-refractivity contribution in [3.05, 3.63) is 36.8 Å². The molecule has 8 heteroatoms. The lowest BCUT2D eigenvalue weighted by atomic mass is 9.94. The summed E-state index contributed by atoms with van der Waals surface area (Å²) >= 11 is 1.43. The maximum absolute atomic E-state index is 12.8. The Morgan fingerprint density at radius 2 is 1.96 bits per heavy atom. The molecule has 1 aliphatic rings. The van der Waals surface area contributed by atoms with E-state index in [4.69, 9.17) is 4.74 Å². The highest BCUT2D eigenvalue weighted by molar-refractivity contribution is 7.18. The van der Waals surface area contributed by atoms with Gasteiger partial charge in [-0.05, 0) is 26.3 Å². The molecule has 7 nitrogen and oxygen atoms in total. The van der Waals surface area contributed by atoms with Gasteiger partial charge in [-0.3, -0.25) is 14.2 Å². The molecule has 0 spiro atoms. The summed E-state index contributed by atoms with van der Waals surface area (Å²) in [7, 11) is 1.62. The SMILES string of the molecule is Cc1nnc2n(C)c(=O)c3c4c(sc3n2c1=O)COC(C)(C)C4. The second-order valence-corrected chi connectivity index (χ2v) is 7.58. The van der Waals surface area contributed by atoms with E-state index in [-0.39, 0.29) is 22.5 Å². The highest BCUT2D eigenvalue weighted by Gasteiger charge is 2.31. The van der Waals surface area contributed by atoms with Crippen LogP contribution in [0, 0.1) is 6.92 Å². The summed E-state index contributed by atoms with van der Waals surface area (Å²) in [4.78, 5) is 27.0. The van der Waals surface area contributed by atoms with E-state index < -0.39 is 0 Å². The van der Waals surface area contributed by atoms with Crippen LogP contribution in [-0.4, -0.2) is 24.8 Å². The maximum atomic E-state index is 12.8. The Morgan fingerprint density at radius 1 is 1.22 bits per heavy atom. The Kier molecular flexibility index (Phi) is 2.83. The first-order valence-corrected chi connectivity index (χ1v) is 8.15. The van der Waals surface area contributed by atoms with E-state index in [2.05, 4.69) is 10.2 Å². The summed E-state index contributed by atoms with van der Waals surface area (Å²) in [6, 6.07) is 0. The molecule has 0 amide bonds. The average molecular weight is 332 g/mol. The molecule has 23 heavy (non-hydrogen) atoms. The number of rotatable bonds is 0. The molecule has 0 fully saturated rings. The maximum Gasteiger partial charge on any atom is 0.281 e. The zero-order chi connectivity index (χ0) is 16.5. The third-order valence-electron chi connectivity index (χ3n) is 4.29. The van der Waals surface area contributed by atoms with Crippen molar-refractivity contribution < 1.29 is 4.74 Å². The standard InChI is InChI=1S/C15H16N4O3S/c1-7-11(20)19-13-10(12(21)18(4)14(19)17-16-7)8-5-15(2,3)22-6-9(8)23-13/h5-6H2,1-4H3. The fourth-order valence-electron chi connectivity index (χ4n) is 3.04. The molecule has 0 bridgehead atoms. The summed E-state index contributed by atoms with van der Waals surface area (Å²) < 4.78 is 8.73. The van der Waals surface area contributed by atoms with Gasteiger partial charge >= 0.3 is 0 Å². The number of nitrogens with zero attached hydrogens (tertiary/aromatic N) is 4. The number of thiophene rings is 1. The molecule has 1 aliphatic heterocycles. The zero-order valence-electron chi connectivity index (χ0n) is 13.3. The molecule has 0 radical (unpaired) electrons. The van der Waals surface area contributed by atoms with Crippen LogP contribution < -0.4 is 11.1 Å². The average Bonchev–Trinajstić information content (AvgIpc) is 2.84. The third kappa shape index (κ3) is 1.91. The first kappa shape index (κ1) is 14.5. The number of aromatic nitrogens is 4. The minimum Gasteiger partial charge on any atom is -0.370 e. The topological polar surface area (TPSA) is 78.5 Å². The molecule has 0 aliphatic carbocycles. The van der Waals surface area contributed by atoms with E-state index in [1.807, 2.05) is 13.8 Å². The van der Waals surface area contributed by atoms with Crippen LogP contribution in [-0.2, 0) is 24.8 Å². The van der Waals surface area contributed by atoms with Gasteiger partial charge in [-0.2, -0.15) is 0 Å². The molecule has 0 unspecified atom stereocenters. The van der Waals surface area contributed by atoms with Crippen molar-refractivity contribution in [2.45, 2.75) is 39.4 Å². The first-order valence-electron chi connectivity index (χ1n) is 7.33. The lowest BCUT2D eigenvalue weighted by Gasteiger charge is -2.29. The molecule has 0 saturated heterocycles. The number of fused-ring (bicyclic) bond motifs is 5. The van der Waals surface area contributed by atoms with Crippen LogP contribution in [0.2, 0.25) is 0 Å². The van der Waals surface area contributed by atoms with Crippen molar-refractivity contribution in [1.82, 2.24) is 19.2 Å². The van der Waals surface area contributed by atoms with Crippen molar-refractivity contribution in [2.75, 3.05) is 0 Å². The van der Waals surface area contributed by atoms with Crippen molar-refractivity contribution in [1.29, 1.82) is 0 Å². The van der Waals surface area contributed by atoms with E-state index in [1.54, 1.807) is 14.0 Å². The van der Waals surface area contributed by atoms with Crippen molar-refractivity contribution in [3.63, 3.8) is 0 Å². The molecule has 0 N–H and O–H groups in total. The summed E-state index contributed by atoms with van der Waals surface area (Å²) in [5, 5.41) is 8.50. The van der Waals surface area contributed by atoms with Crippen LogP contribution in [0.1, 0.15) is 30.0 Å². The summed E-state index contributed by atoms with van der Waals surface area (Å²) in [5.41, 5.74) is 0.593. The first-order chi connectivity index (χ1) is 10.8. The molecule has 120 valence electrons. The lowest BCUT2D eigenvalue weighted by Crippen LogP contribution is -2.32. The molecular weight excluding hydrogens is 316 g/mol. The van der Waals surface area contributed by atoms with Gasteiger partial charge in [0, 0.05) is 18.3 Å². The van der Waals surface area contributed by atoms with Crippen LogP contribution >= 0.6 is 11.3 Å². The number of ether oxygens (including phenoxy) is 1. The number of hydrogen-bond acceptors (Lipinski definition) is 6. The molecule has 0 aromatic carbocycles. The predicted octanol–water partition coefficient (Wildman–Crippen LogP) is 1.16. The summed E-state index contributed by atoms with van der Waals surface area (Å²) in [6.45, 7) is 6.09. The minimum absolute atomic E-state index is 0.146. The largest absolute Gasteiger partial charge is 0.370 e. The van der Waals surface area contributed by atoms with Crippen LogP contribution in [0.3, 0.4) is 0 Å². The minimum atomic E-state index is -0.321. The molecule has 3 aromatic heterocycles. The van der Waals surface area contributed by atoms with E-state index in [1.165, 1.54) is 20.3 Å². The Balaban J connectivity index is 2.26. The van der Waals surface area contributed by atoms with E-state index in [9.17, 15) is 9.59 Å². The van der Waals surface area contributed by atoms with Crippen LogP contribution in [0.25, 0.3) is 16.0 Å². The van der Waals surface area contributed by atoms with E-state index in [0.29, 0.717) is 28.9 Å². The lowest BCUT2D eigenvalue weighted by molar-refractivity contribution is -0.0379. The van der Waals surface area contributed by atoms with Gasteiger partial charge in [0.1, 0.15) is 10.5 Å². The van der Waals surface area contributed by atoms with Crippen LogP contribution in [0.15, 0.2) is 9.59 Å². The summed E-state index contributed by atoms with van der Waals surface area (Å²) in [6.07, 6.45) is 0.648. The monoisotopic (exact) mass is 332 g/mol. The van der Waals surface area contributed by atoms with Crippen molar-refractivity contribution in [3.8, 4) is 0 Å². The molecule has 4 rings (SSSR count). The molecule has 4 heterocycles. The summed E-state index contributed by atoms with van der Waals surface area (Å²) in [5.74, 6) is 0.261. The highest BCUT2D eigenvalue weighted by atomic mass is 32.1. The molecular formula is C15H16N4O3S. The van der Waals surface area contributed by atoms with Gasteiger partial charge in [-0.15, -0.1) is 21.5 Å². The number of aryl methyl sites for hydroxylation is 2. The van der Waals surface area contributed by atoms with Gasteiger partial charge in [-0.25, -0.2) is 4.40 Å². The van der Waals surface area contributed by atoms with Gasteiger partial charge in [0.2, 0.25) is 5.78 Å². The van der Waals surface area contributed by atoms with E-state index in [0.717, 1.165) is 10.4 Å². The van der Waals surface area contributed by atoms with Gasteiger partial charge in [0.15, 0.2) is 0 Å². The van der Waals surface area contributed by atoms with Gasteiger partial charge < -0.3 is 4.74 Å². The van der Waals surface area contributed by atoms with Gasteiger partial charge in [0.25, 0.3) is 11.1 Å². The molecule has 0 saturated carbocycles. The van der Waals surface area contributed by atoms with Gasteiger partial charge in [0.05, 0.1) is 17.6 Å². The van der Waals surface area contributed by atoms with E-state index >= 15 is 0 Å². The highest BCUT2D eigenvalue weighted by Crippen LogP contribution is 2.37. The van der Waals surface area contributed by atoms with Crippen LogP contribution in [0.4, 0.5) is 0 Å². The van der Waals surface area contributed by atoms with Crippen molar-refractivity contribution >= 4 is 27.3 Å². The zero-order valence-corrected chi connectivity index (χ0v) is 14.2. The Morgan fingerprint density at radius 3 is 2.70 bits per heavy atom. The smallest absolute Gasteiger partial charge is 0.281 e. The predicted molar refractivity (Wildman–Crippen MR) is 87.2 cm³/mol. The Hall–Kier alpha value is -2.06. The van der Waals surface area contributed by atoms with Gasteiger partial charge in [-0.1, -0.05) is 0 Å². The molecule has 0 atom stereocenters. The third-order valence-corrected chi connectivity index (χ3v) is 5.48. The normalized spacial score (nSPS) is 16.9. The second kappa shape index (κ2) is 4.48. The fourth-order valence-corrected chi connectivity index (χ4v) is 4.25. The Bertz CT molecular complexity index is 1090. The fraction of sp³-hybridized carbons (Fsp3) is 0.467. The second-order valence-electron chi connectivity index (χ2n) is 6.50. The van der Waals surface area contributed by atoms with Crippen molar-refractivity contribution in [2.24, 2.45) is 7.05 Å². The quantitative estimate of drug-likeness (QED) is 0.617. The molecule has 3 aromatic rings.